The molecule has 0 unspecified atom stereocenters. The van der Waals surface area contributed by atoms with Crippen molar-refractivity contribution in [3.63, 3.8) is 0 Å². The molecule has 24 heavy (non-hydrogen) atoms. The van der Waals surface area contributed by atoms with Crippen molar-refractivity contribution in [3.8, 4) is 16.4 Å². The first kappa shape index (κ1) is 15.8. The Balaban J connectivity index is 1.82. The van der Waals surface area contributed by atoms with E-state index < -0.39 is 4.92 Å². The molecule has 9 heteroatoms. The molecule has 0 bridgehead atoms. The summed E-state index contributed by atoms with van der Waals surface area (Å²) in [6, 6.07) is 9.99. The van der Waals surface area contributed by atoms with Crippen LogP contribution in [0.2, 0.25) is 0 Å². The lowest BCUT2D eigenvalue weighted by Gasteiger charge is -1.97. The molecule has 0 fully saturated rings. The van der Waals surface area contributed by atoms with E-state index in [-0.39, 0.29) is 5.88 Å². The Labute approximate surface area is 140 Å². The summed E-state index contributed by atoms with van der Waals surface area (Å²) in [6.07, 6.45) is 0. The van der Waals surface area contributed by atoms with E-state index in [1.54, 1.807) is 44.4 Å². The van der Waals surface area contributed by atoms with Crippen molar-refractivity contribution in [2.45, 2.75) is 6.92 Å². The Bertz CT molecular complexity index is 899. The van der Waals surface area contributed by atoms with Crippen LogP contribution in [-0.4, -0.2) is 17.0 Å². The van der Waals surface area contributed by atoms with Crippen LogP contribution in [0.5, 0.6) is 5.75 Å². The first-order valence-corrected chi connectivity index (χ1v) is 7.66. The lowest BCUT2D eigenvalue weighted by atomic mass is 10.3. The number of benzene rings is 1. The maximum Gasteiger partial charge on any atom is 0.433 e. The predicted octanol–water partition coefficient (Wildman–Crippen LogP) is 5.04. The van der Waals surface area contributed by atoms with E-state index in [9.17, 15) is 10.1 Å². The molecule has 0 aliphatic heterocycles. The van der Waals surface area contributed by atoms with Crippen LogP contribution in [0.3, 0.4) is 0 Å². The topological polar surface area (TPSA) is 103 Å². The largest absolute Gasteiger partial charge is 0.497 e. The number of rotatable bonds is 5. The summed E-state index contributed by atoms with van der Waals surface area (Å²) in [7, 11) is 1.59. The maximum atomic E-state index is 10.7. The number of aryl methyl sites for hydroxylation is 1. The Hall–Kier alpha value is -3.07. The fourth-order valence-electron chi connectivity index (χ4n) is 1.95. The lowest BCUT2D eigenvalue weighted by molar-refractivity contribution is -0.401. The Morgan fingerprint density at radius 3 is 2.58 bits per heavy atom. The molecule has 0 atom stereocenters. The molecule has 8 nitrogen and oxygen atoms in total. The van der Waals surface area contributed by atoms with Crippen LogP contribution in [0.15, 0.2) is 51.0 Å². The third kappa shape index (κ3) is 3.30. The highest BCUT2D eigenvalue weighted by Crippen LogP contribution is 2.37. The number of hydrogen-bond donors (Lipinski definition) is 0. The summed E-state index contributed by atoms with van der Waals surface area (Å²) in [6.45, 7) is 1.78. The van der Waals surface area contributed by atoms with E-state index in [2.05, 4.69) is 15.2 Å². The van der Waals surface area contributed by atoms with Crippen LogP contribution in [0, 0.1) is 17.0 Å². The first-order valence-electron chi connectivity index (χ1n) is 6.84. The van der Waals surface area contributed by atoms with Gasteiger partial charge in [0.05, 0.1) is 29.4 Å². The number of azo groups is 1. The summed E-state index contributed by atoms with van der Waals surface area (Å²) < 4.78 is 10.3. The highest BCUT2D eigenvalue weighted by Gasteiger charge is 2.17. The second-order valence-corrected chi connectivity index (χ2v) is 5.68. The molecule has 0 saturated heterocycles. The van der Waals surface area contributed by atoms with Crippen LogP contribution in [0.4, 0.5) is 16.7 Å². The van der Waals surface area contributed by atoms with E-state index in [0.717, 1.165) is 5.75 Å². The normalized spacial score (nSPS) is 11.1. The van der Waals surface area contributed by atoms with Gasteiger partial charge in [0.2, 0.25) is 5.13 Å². The number of hydrogen-bond acceptors (Lipinski definition) is 8. The molecule has 0 amide bonds. The predicted molar refractivity (Wildman–Crippen MR) is 88.4 cm³/mol. The molecular weight excluding hydrogens is 332 g/mol. The Morgan fingerprint density at radius 1 is 1.21 bits per heavy atom. The van der Waals surface area contributed by atoms with Gasteiger partial charge in [-0.25, -0.2) is 4.98 Å². The van der Waals surface area contributed by atoms with Crippen LogP contribution >= 0.6 is 11.3 Å². The number of furan rings is 1. The molecule has 3 aromatic rings. The molecule has 2 aromatic heterocycles. The minimum absolute atomic E-state index is 0.306. The molecule has 0 spiro atoms. The number of aromatic nitrogens is 1. The highest BCUT2D eigenvalue weighted by atomic mass is 32.1. The monoisotopic (exact) mass is 344 g/mol. The SMILES string of the molecule is COc1ccc(N=Nc2nc(C)c(-c3ccc([N+](=O)[O-])o3)s2)cc1. The van der Waals surface area contributed by atoms with Crippen LogP contribution < -0.4 is 4.74 Å². The van der Waals surface area contributed by atoms with Gasteiger partial charge in [-0.15, -0.1) is 10.2 Å². The maximum absolute atomic E-state index is 10.7. The second kappa shape index (κ2) is 6.59. The first-order chi connectivity index (χ1) is 11.6. The molecule has 3 rings (SSSR count). The Morgan fingerprint density at radius 2 is 1.96 bits per heavy atom. The number of methoxy groups -OCH3 is 1. The molecule has 0 aliphatic rings. The molecule has 0 radical (unpaired) electrons. The van der Waals surface area contributed by atoms with Gasteiger partial charge in [-0.2, -0.15) is 0 Å². The summed E-state index contributed by atoms with van der Waals surface area (Å²) in [4.78, 5) is 15.1. The summed E-state index contributed by atoms with van der Waals surface area (Å²) in [5.74, 6) is 0.822. The molecule has 122 valence electrons. The summed E-state index contributed by atoms with van der Waals surface area (Å²) in [5, 5.41) is 19.3. The molecule has 0 N–H and O–H groups in total. The lowest BCUT2D eigenvalue weighted by Crippen LogP contribution is -1.82. The zero-order chi connectivity index (χ0) is 17.1. The number of nitrogens with zero attached hydrogens (tertiary/aromatic N) is 4. The highest BCUT2D eigenvalue weighted by molar-refractivity contribution is 7.18. The number of thiazole rings is 1. The van der Waals surface area contributed by atoms with Crippen LogP contribution in [0.1, 0.15) is 5.69 Å². The van der Waals surface area contributed by atoms with Crippen molar-refractivity contribution in [2.24, 2.45) is 10.2 Å². The molecular formula is C15H12N4O4S. The van der Waals surface area contributed by atoms with E-state index in [4.69, 9.17) is 9.15 Å². The zero-order valence-corrected chi connectivity index (χ0v) is 13.6. The quantitative estimate of drug-likeness (QED) is 0.366. The van der Waals surface area contributed by atoms with E-state index >= 15 is 0 Å². The third-order valence-corrected chi connectivity index (χ3v) is 4.16. The summed E-state index contributed by atoms with van der Waals surface area (Å²) in [5.41, 5.74) is 1.34. The van der Waals surface area contributed by atoms with E-state index in [1.165, 1.54) is 17.4 Å². The van der Waals surface area contributed by atoms with E-state index in [0.29, 0.717) is 27.2 Å². The van der Waals surface area contributed by atoms with Crippen LogP contribution in [0.25, 0.3) is 10.6 Å². The molecule has 2 heterocycles. The Kier molecular flexibility index (Phi) is 4.34. The fraction of sp³-hybridized carbons (Fsp3) is 0.133. The minimum Gasteiger partial charge on any atom is -0.497 e. The number of nitro groups is 1. The van der Waals surface area contributed by atoms with Gasteiger partial charge in [0, 0.05) is 0 Å². The van der Waals surface area contributed by atoms with Crippen LogP contribution in [-0.2, 0) is 0 Å². The smallest absolute Gasteiger partial charge is 0.433 e. The molecule has 0 aliphatic carbocycles. The van der Waals surface area contributed by atoms with Crippen molar-refractivity contribution in [1.29, 1.82) is 0 Å². The second-order valence-electron chi connectivity index (χ2n) is 4.70. The van der Waals surface area contributed by atoms with Crippen molar-refractivity contribution in [1.82, 2.24) is 4.98 Å². The van der Waals surface area contributed by atoms with Gasteiger partial charge in [0.25, 0.3) is 0 Å². The zero-order valence-electron chi connectivity index (χ0n) is 12.8. The van der Waals surface area contributed by atoms with Gasteiger partial charge in [0.1, 0.15) is 10.7 Å². The molecule has 0 saturated carbocycles. The van der Waals surface area contributed by atoms with Crippen molar-refractivity contribution in [2.75, 3.05) is 7.11 Å². The summed E-state index contributed by atoms with van der Waals surface area (Å²) >= 11 is 1.25. The average molecular weight is 344 g/mol. The standard InChI is InChI=1S/C15H12N4O4S/c1-9-14(12-7-8-13(23-12)19(20)21)24-15(16-9)18-17-10-3-5-11(22-2)6-4-10/h3-8H,1-2H3. The van der Waals surface area contributed by atoms with E-state index in [1.807, 2.05) is 0 Å². The fourth-order valence-corrected chi connectivity index (χ4v) is 2.80. The van der Waals surface area contributed by atoms with Gasteiger partial charge < -0.3 is 9.15 Å². The van der Waals surface area contributed by atoms with Gasteiger partial charge in [-0.1, -0.05) is 11.3 Å². The number of ether oxygens (including phenoxy) is 1. The average Bonchev–Trinajstić information content (AvgIpc) is 3.20. The van der Waals surface area contributed by atoms with Gasteiger partial charge in [-0.05, 0) is 37.3 Å². The van der Waals surface area contributed by atoms with Gasteiger partial charge in [-0.3, -0.25) is 10.1 Å². The minimum atomic E-state index is -0.579. The van der Waals surface area contributed by atoms with Crippen molar-refractivity contribution in [3.05, 3.63) is 52.2 Å². The third-order valence-electron chi connectivity index (χ3n) is 3.10. The molecule has 1 aromatic carbocycles. The van der Waals surface area contributed by atoms with Gasteiger partial charge >= 0.3 is 5.88 Å². The van der Waals surface area contributed by atoms with Crippen molar-refractivity contribution >= 4 is 28.0 Å². The van der Waals surface area contributed by atoms with Crippen molar-refractivity contribution < 1.29 is 14.1 Å². The van der Waals surface area contributed by atoms with Gasteiger partial charge in [0.15, 0.2) is 5.76 Å².